The van der Waals surface area contributed by atoms with Gasteiger partial charge < -0.3 is 10.3 Å². The first kappa shape index (κ1) is 10.8. The monoisotopic (exact) mass is 228 g/mol. The molecule has 2 aromatic rings. The summed E-state index contributed by atoms with van der Waals surface area (Å²) in [6.07, 6.45) is 6.01. The molecule has 0 amide bonds. The smallest absolute Gasteiger partial charge is 0.0456 e. The third-order valence-corrected chi connectivity index (χ3v) is 3.88. The van der Waals surface area contributed by atoms with Crippen LogP contribution in [0.2, 0.25) is 0 Å². The number of aryl methyl sites for hydroxylation is 1. The van der Waals surface area contributed by atoms with Crippen LogP contribution in [0.25, 0.3) is 10.9 Å². The van der Waals surface area contributed by atoms with Gasteiger partial charge in [0.15, 0.2) is 0 Å². The fourth-order valence-corrected chi connectivity index (χ4v) is 2.87. The second-order valence-corrected chi connectivity index (χ2v) is 5.27. The van der Waals surface area contributed by atoms with Gasteiger partial charge in [-0.05, 0) is 68.5 Å². The summed E-state index contributed by atoms with van der Waals surface area (Å²) in [6.45, 7) is 4.56. The summed E-state index contributed by atoms with van der Waals surface area (Å²) in [5.41, 5.74) is 4.09. The number of benzene rings is 1. The molecule has 0 spiro atoms. The zero-order valence-electron chi connectivity index (χ0n) is 10.4. The summed E-state index contributed by atoms with van der Waals surface area (Å²) in [4.78, 5) is 3.31. The maximum Gasteiger partial charge on any atom is 0.0456 e. The van der Waals surface area contributed by atoms with Gasteiger partial charge in [0, 0.05) is 17.1 Å². The number of fused-ring (bicyclic) bond motifs is 1. The molecule has 1 aliphatic rings. The second-order valence-electron chi connectivity index (χ2n) is 5.27. The van der Waals surface area contributed by atoms with Gasteiger partial charge in [-0.2, -0.15) is 0 Å². The average molecular weight is 228 g/mol. The Hall–Kier alpha value is -1.28. The number of H-pyrrole nitrogens is 1. The van der Waals surface area contributed by atoms with E-state index in [0.29, 0.717) is 0 Å². The van der Waals surface area contributed by atoms with Crippen LogP contribution in [0.4, 0.5) is 0 Å². The van der Waals surface area contributed by atoms with Crippen molar-refractivity contribution in [1.29, 1.82) is 0 Å². The first-order chi connectivity index (χ1) is 8.33. The highest BCUT2D eigenvalue weighted by Gasteiger charge is 2.13. The van der Waals surface area contributed by atoms with Crippen LogP contribution in [-0.2, 0) is 6.42 Å². The average Bonchev–Trinajstić information content (AvgIpc) is 2.73. The molecule has 1 saturated heterocycles. The van der Waals surface area contributed by atoms with Gasteiger partial charge >= 0.3 is 0 Å². The molecular formula is C15H20N2. The predicted octanol–water partition coefficient (Wildman–Crippen LogP) is 3.02. The van der Waals surface area contributed by atoms with E-state index in [4.69, 9.17) is 0 Å². The first-order valence-corrected chi connectivity index (χ1v) is 6.60. The van der Waals surface area contributed by atoms with Crippen molar-refractivity contribution in [3.63, 3.8) is 0 Å². The second kappa shape index (κ2) is 4.53. The Morgan fingerprint density at radius 1 is 1.35 bits per heavy atom. The summed E-state index contributed by atoms with van der Waals surface area (Å²) in [5, 5.41) is 4.87. The largest absolute Gasteiger partial charge is 0.361 e. The summed E-state index contributed by atoms with van der Waals surface area (Å²) in [5.74, 6) is 0.820. The molecule has 2 heteroatoms. The molecule has 0 bridgehead atoms. The Morgan fingerprint density at radius 3 is 3.12 bits per heavy atom. The van der Waals surface area contributed by atoms with Gasteiger partial charge in [0.05, 0.1) is 0 Å². The van der Waals surface area contributed by atoms with E-state index in [9.17, 15) is 0 Å². The summed E-state index contributed by atoms with van der Waals surface area (Å²) < 4.78 is 0. The molecule has 2 nitrogen and oxygen atoms in total. The summed E-state index contributed by atoms with van der Waals surface area (Å²) in [7, 11) is 0. The van der Waals surface area contributed by atoms with Crippen LogP contribution in [0.5, 0.6) is 0 Å². The van der Waals surface area contributed by atoms with Crippen molar-refractivity contribution >= 4 is 10.9 Å². The van der Waals surface area contributed by atoms with E-state index in [1.54, 1.807) is 0 Å². The fourth-order valence-electron chi connectivity index (χ4n) is 2.87. The fraction of sp³-hybridized carbons (Fsp3) is 0.467. The zero-order valence-corrected chi connectivity index (χ0v) is 10.4. The molecule has 1 aliphatic heterocycles. The van der Waals surface area contributed by atoms with Crippen LogP contribution in [0.3, 0.4) is 0 Å². The lowest BCUT2D eigenvalue weighted by Gasteiger charge is -2.22. The summed E-state index contributed by atoms with van der Waals surface area (Å²) >= 11 is 0. The number of piperidine rings is 1. The van der Waals surface area contributed by atoms with Crippen molar-refractivity contribution in [3.05, 3.63) is 35.5 Å². The molecule has 2 N–H and O–H groups in total. The van der Waals surface area contributed by atoms with E-state index >= 15 is 0 Å². The molecule has 90 valence electrons. The number of hydrogen-bond acceptors (Lipinski definition) is 1. The number of aromatic amines is 1. The number of rotatable bonds is 2. The van der Waals surface area contributed by atoms with Crippen molar-refractivity contribution in [2.45, 2.75) is 26.2 Å². The van der Waals surface area contributed by atoms with E-state index < -0.39 is 0 Å². The Balaban J connectivity index is 1.82. The molecule has 17 heavy (non-hydrogen) atoms. The summed E-state index contributed by atoms with van der Waals surface area (Å²) in [6, 6.07) is 6.84. The highest BCUT2D eigenvalue weighted by atomic mass is 14.9. The Kier molecular flexibility index (Phi) is 2.89. The molecular weight excluding hydrogens is 208 g/mol. The minimum absolute atomic E-state index is 0.820. The van der Waals surface area contributed by atoms with Crippen LogP contribution >= 0.6 is 0 Å². The van der Waals surface area contributed by atoms with E-state index in [1.807, 2.05) is 0 Å². The van der Waals surface area contributed by atoms with E-state index in [1.165, 1.54) is 54.4 Å². The number of nitrogens with one attached hydrogen (secondary N) is 2. The Bertz CT molecular complexity index is 507. The molecule has 1 atom stereocenters. The maximum absolute atomic E-state index is 3.49. The highest BCUT2D eigenvalue weighted by Crippen LogP contribution is 2.22. The molecule has 2 heterocycles. The van der Waals surface area contributed by atoms with Crippen LogP contribution in [0.1, 0.15) is 24.0 Å². The molecule has 0 aliphatic carbocycles. The third kappa shape index (κ3) is 2.22. The minimum atomic E-state index is 0.820. The van der Waals surface area contributed by atoms with Crippen molar-refractivity contribution in [2.24, 2.45) is 5.92 Å². The van der Waals surface area contributed by atoms with E-state index in [-0.39, 0.29) is 0 Å². The van der Waals surface area contributed by atoms with Gasteiger partial charge in [-0.25, -0.2) is 0 Å². The quantitative estimate of drug-likeness (QED) is 0.812. The minimum Gasteiger partial charge on any atom is -0.361 e. The van der Waals surface area contributed by atoms with Crippen molar-refractivity contribution < 1.29 is 0 Å². The number of hydrogen-bond donors (Lipinski definition) is 2. The van der Waals surface area contributed by atoms with E-state index in [0.717, 1.165) is 5.92 Å². The van der Waals surface area contributed by atoms with Gasteiger partial charge in [0.25, 0.3) is 0 Å². The molecule has 1 aromatic heterocycles. The Labute approximate surface area is 102 Å². The number of aromatic nitrogens is 1. The van der Waals surface area contributed by atoms with Gasteiger partial charge in [0.2, 0.25) is 0 Å². The lowest BCUT2D eigenvalue weighted by atomic mass is 9.92. The van der Waals surface area contributed by atoms with Crippen LogP contribution < -0.4 is 5.32 Å². The normalized spacial score (nSPS) is 20.9. The predicted molar refractivity (Wildman–Crippen MR) is 72.3 cm³/mol. The molecule has 1 unspecified atom stereocenters. The van der Waals surface area contributed by atoms with Crippen LogP contribution in [0, 0.1) is 12.8 Å². The van der Waals surface area contributed by atoms with Crippen molar-refractivity contribution in [3.8, 4) is 0 Å². The Morgan fingerprint density at radius 2 is 2.29 bits per heavy atom. The standard InChI is InChI=1S/C15H20N2/c1-11-9-17-15-5-4-12(8-14(11)15)7-13-3-2-6-16-10-13/h4-5,8-9,13,16-17H,2-3,6-7,10H2,1H3. The SMILES string of the molecule is Cc1c[nH]c2ccc(CC3CCCNC3)cc12. The molecule has 1 fully saturated rings. The zero-order chi connectivity index (χ0) is 11.7. The molecule has 0 radical (unpaired) electrons. The lowest BCUT2D eigenvalue weighted by Crippen LogP contribution is -2.30. The molecule has 3 rings (SSSR count). The first-order valence-electron chi connectivity index (χ1n) is 6.60. The molecule has 1 aromatic carbocycles. The van der Waals surface area contributed by atoms with Crippen molar-refractivity contribution in [2.75, 3.05) is 13.1 Å². The van der Waals surface area contributed by atoms with E-state index in [2.05, 4.69) is 41.6 Å². The van der Waals surface area contributed by atoms with Crippen LogP contribution in [-0.4, -0.2) is 18.1 Å². The maximum atomic E-state index is 3.49. The topological polar surface area (TPSA) is 27.8 Å². The van der Waals surface area contributed by atoms with Gasteiger partial charge in [0.1, 0.15) is 0 Å². The highest BCUT2D eigenvalue weighted by molar-refractivity contribution is 5.83. The van der Waals surface area contributed by atoms with Crippen LogP contribution in [0.15, 0.2) is 24.4 Å². The van der Waals surface area contributed by atoms with Gasteiger partial charge in [-0.15, -0.1) is 0 Å². The van der Waals surface area contributed by atoms with Gasteiger partial charge in [-0.1, -0.05) is 6.07 Å². The molecule has 0 saturated carbocycles. The van der Waals surface area contributed by atoms with Gasteiger partial charge in [-0.3, -0.25) is 0 Å². The van der Waals surface area contributed by atoms with Crippen molar-refractivity contribution in [1.82, 2.24) is 10.3 Å². The lowest BCUT2D eigenvalue weighted by molar-refractivity contribution is 0.376. The third-order valence-electron chi connectivity index (χ3n) is 3.88.